The van der Waals surface area contributed by atoms with Gasteiger partial charge < -0.3 is 9.47 Å². The lowest BCUT2D eigenvalue weighted by molar-refractivity contribution is 0.0526. The molecule has 0 aliphatic carbocycles. The lowest BCUT2D eigenvalue weighted by Gasteiger charge is -2.01. The van der Waals surface area contributed by atoms with Gasteiger partial charge in [-0.2, -0.15) is 0 Å². The van der Waals surface area contributed by atoms with Gasteiger partial charge in [0.15, 0.2) is 0 Å². The van der Waals surface area contributed by atoms with E-state index >= 15 is 0 Å². The maximum atomic E-state index is 11.8. The Labute approximate surface area is 116 Å². The van der Waals surface area contributed by atoms with Crippen molar-refractivity contribution in [3.63, 3.8) is 0 Å². The van der Waals surface area contributed by atoms with Gasteiger partial charge in [0.1, 0.15) is 5.75 Å². The molecule has 0 spiro atoms. The van der Waals surface area contributed by atoms with Crippen LogP contribution < -0.4 is 4.74 Å². The molecule has 2 rings (SSSR count). The molecule has 0 amide bonds. The van der Waals surface area contributed by atoms with E-state index in [1.165, 1.54) is 0 Å². The van der Waals surface area contributed by atoms with Gasteiger partial charge in [-0.1, -0.05) is 0 Å². The minimum atomic E-state index is -0.254. The van der Waals surface area contributed by atoms with E-state index in [1.807, 2.05) is 44.2 Å². The number of methoxy groups -OCH3 is 1. The minimum absolute atomic E-state index is 0.254. The number of thiophene rings is 1. The molecule has 0 bridgehead atoms. The summed E-state index contributed by atoms with van der Waals surface area (Å²) in [5, 5.41) is 0. The van der Waals surface area contributed by atoms with Crippen molar-refractivity contribution in [1.82, 2.24) is 0 Å². The summed E-state index contributed by atoms with van der Waals surface area (Å²) >= 11 is 1.59. The molecule has 1 aromatic heterocycles. The number of rotatable bonds is 4. The Hall–Kier alpha value is -1.81. The van der Waals surface area contributed by atoms with E-state index in [2.05, 4.69) is 0 Å². The molecule has 1 aromatic carbocycles. The maximum Gasteiger partial charge on any atom is 0.339 e. The molecule has 0 atom stereocenters. The molecular weight excluding hydrogens is 260 g/mol. The van der Waals surface area contributed by atoms with Crippen LogP contribution in [0.4, 0.5) is 0 Å². The van der Waals surface area contributed by atoms with Crippen molar-refractivity contribution in [3.05, 3.63) is 40.8 Å². The average molecular weight is 276 g/mol. The lowest BCUT2D eigenvalue weighted by atomic mass is 10.1. The van der Waals surface area contributed by atoms with Crippen LogP contribution in [-0.2, 0) is 4.74 Å². The van der Waals surface area contributed by atoms with Gasteiger partial charge in [0.2, 0.25) is 0 Å². The van der Waals surface area contributed by atoms with Crippen molar-refractivity contribution in [2.24, 2.45) is 0 Å². The normalized spacial score (nSPS) is 10.3. The molecule has 0 aliphatic heterocycles. The van der Waals surface area contributed by atoms with Gasteiger partial charge in [-0.3, -0.25) is 0 Å². The Kier molecular flexibility index (Phi) is 4.22. The van der Waals surface area contributed by atoms with Gasteiger partial charge >= 0.3 is 5.97 Å². The molecule has 3 nitrogen and oxygen atoms in total. The van der Waals surface area contributed by atoms with Crippen LogP contribution in [-0.4, -0.2) is 19.7 Å². The van der Waals surface area contributed by atoms with E-state index in [0.29, 0.717) is 12.2 Å². The molecule has 0 fully saturated rings. The van der Waals surface area contributed by atoms with Gasteiger partial charge in [0.05, 0.1) is 19.3 Å². The highest BCUT2D eigenvalue weighted by Gasteiger charge is 2.15. The summed E-state index contributed by atoms with van der Waals surface area (Å²) in [6.07, 6.45) is 0. The fourth-order valence-corrected chi connectivity index (χ4v) is 2.80. The van der Waals surface area contributed by atoms with Crippen molar-refractivity contribution in [3.8, 4) is 16.2 Å². The van der Waals surface area contributed by atoms with E-state index in [0.717, 1.165) is 21.1 Å². The average Bonchev–Trinajstić information content (AvgIpc) is 2.81. The third-order valence-corrected chi connectivity index (χ3v) is 3.89. The van der Waals surface area contributed by atoms with Gasteiger partial charge in [-0.15, -0.1) is 11.3 Å². The number of hydrogen-bond donors (Lipinski definition) is 0. The monoisotopic (exact) mass is 276 g/mol. The predicted molar refractivity (Wildman–Crippen MR) is 77.0 cm³/mol. The summed E-state index contributed by atoms with van der Waals surface area (Å²) in [5.74, 6) is 0.568. The van der Waals surface area contributed by atoms with Crippen molar-refractivity contribution in [2.45, 2.75) is 13.8 Å². The Bertz CT molecular complexity index is 570. The summed E-state index contributed by atoms with van der Waals surface area (Å²) in [6, 6.07) is 9.68. The number of aryl methyl sites for hydroxylation is 1. The van der Waals surface area contributed by atoms with Gasteiger partial charge in [-0.05, 0) is 49.7 Å². The highest BCUT2D eigenvalue weighted by atomic mass is 32.1. The summed E-state index contributed by atoms with van der Waals surface area (Å²) in [7, 11) is 1.64. The van der Waals surface area contributed by atoms with Crippen molar-refractivity contribution in [1.29, 1.82) is 0 Å². The second kappa shape index (κ2) is 5.89. The number of hydrogen-bond acceptors (Lipinski definition) is 4. The maximum absolute atomic E-state index is 11.8. The predicted octanol–water partition coefficient (Wildman–Crippen LogP) is 3.91. The standard InChI is InChI=1S/C15H16O3S/c1-4-18-15(16)13-9-14(19-10(13)2)11-5-7-12(17-3)8-6-11/h5-9H,4H2,1-3H3. The van der Waals surface area contributed by atoms with E-state index < -0.39 is 0 Å². The first-order valence-electron chi connectivity index (χ1n) is 6.07. The number of carbonyl (C=O) groups excluding carboxylic acids is 1. The van der Waals surface area contributed by atoms with Crippen LogP contribution in [0, 0.1) is 6.92 Å². The van der Waals surface area contributed by atoms with E-state index in [1.54, 1.807) is 18.4 Å². The summed E-state index contributed by atoms with van der Waals surface area (Å²) < 4.78 is 10.2. The van der Waals surface area contributed by atoms with Crippen LogP contribution in [0.5, 0.6) is 5.75 Å². The molecule has 0 N–H and O–H groups in total. The van der Waals surface area contributed by atoms with Crippen molar-refractivity contribution >= 4 is 17.3 Å². The summed E-state index contributed by atoms with van der Waals surface area (Å²) in [5.41, 5.74) is 1.72. The quantitative estimate of drug-likeness (QED) is 0.794. The molecule has 100 valence electrons. The molecule has 0 aliphatic rings. The first kappa shape index (κ1) is 13.6. The first-order chi connectivity index (χ1) is 9.15. The molecule has 0 saturated heterocycles. The van der Waals surface area contributed by atoms with E-state index in [-0.39, 0.29) is 5.97 Å². The third kappa shape index (κ3) is 2.96. The molecular formula is C15H16O3S. The molecule has 4 heteroatoms. The molecule has 0 unspecified atom stereocenters. The topological polar surface area (TPSA) is 35.5 Å². The lowest BCUT2D eigenvalue weighted by Crippen LogP contribution is -2.04. The smallest absolute Gasteiger partial charge is 0.339 e. The largest absolute Gasteiger partial charge is 0.497 e. The van der Waals surface area contributed by atoms with E-state index in [9.17, 15) is 4.79 Å². The van der Waals surface area contributed by atoms with Crippen LogP contribution in [0.25, 0.3) is 10.4 Å². The fourth-order valence-electron chi connectivity index (χ4n) is 1.79. The van der Waals surface area contributed by atoms with Crippen molar-refractivity contribution in [2.75, 3.05) is 13.7 Å². The van der Waals surface area contributed by atoms with E-state index in [4.69, 9.17) is 9.47 Å². The first-order valence-corrected chi connectivity index (χ1v) is 6.89. The zero-order valence-corrected chi connectivity index (χ0v) is 12.0. The second-order valence-electron chi connectivity index (χ2n) is 4.03. The highest BCUT2D eigenvalue weighted by molar-refractivity contribution is 7.15. The molecule has 0 saturated carbocycles. The van der Waals surface area contributed by atoms with Gasteiger partial charge in [0.25, 0.3) is 0 Å². The molecule has 0 radical (unpaired) electrons. The number of benzene rings is 1. The van der Waals surface area contributed by atoms with Crippen LogP contribution in [0.3, 0.4) is 0 Å². The number of esters is 1. The zero-order valence-electron chi connectivity index (χ0n) is 11.2. The van der Waals surface area contributed by atoms with Crippen LogP contribution in [0.1, 0.15) is 22.2 Å². The van der Waals surface area contributed by atoms with Gasteiger partial charge in [-0.25, -0.2) is 4.79 Å². The fraction of sp³-hybridized carbons (Fsp3) is 0.267. The summed E-state index contributed by atoms with van der Waals surface area (Å²) in [6.45, 7) is 4.14. The Morgan fingerprint density at radius 1 is 1.26 bits per heavy atom. The number of ether oxygens (including phenoxy) is 2. The summed E-state index contributed by atoms with van der Waals surface area (Å²) in [4.78, 5) is 13.8. The van der Waals surface area contributed by atoms with Crippen LogP contribution in [0.15, 0.2) is 30.3 Å². The van der Waals surface area contributed by atoms with Gasteiger partial charge in [0, 0.05) is 9.75 Å². The van der Waals surface area contributed by atoms with Crippen molar-refractivity contribution < 1.29 is 14.3 Å². The Morgan fingerprint density at radius 3 is 2.53 bits per heavy atom. The molecule has 19 heavy (non-hydrogen) atoms. The van der Waals surface area contributed by atoms with Crippen LogP contribution >= 0.6 is 11.3 Å². The molecule has 2 aromatic rings. The Morgan fingerprint density at radius 2 is 1.95 bits per heavy atom. The zero-order chi connectivity index (χ0) is 13.8. The Balaban J connectivity index is 2.30. The third-order valence-electron chi connectivity index (χ3n) is 2.79. The van der Waals surface area contributed by atoms with Crippen LogP contribution in [0.2, 0.25) is 0 Å². The number of carbonyl (C=O) groups is 1. The second-order valence-corrected chi connectivity index (χ2v) is 5.29. The SMILES string of the molecule is CCOC(=O)c1cc(-c2ccc(OC)cc2)sc1C. The minimum Gasteiger partial charge on any atom is -0.497 e. The molecule has 1 heterocycles. The highest BCUT2D eigenvalue weighted by Crippen LogP contribution is 2.32.